The van der Waals surface area contributed by atoms with Crippen LogP contribution in [0.4, 0.5) is 15.8 Å². The summed E-state index contributed by atoms with van der Waals surface area (Å²) in [4.78, 5) is 23.2. The number of thiophene rings is 1. The number of nitrogens with one attached hydrogen (secondary N) is 1. The van der Waals surface area contributed by atoms with Crippen LogP contribution < -0.4 is 14.8 Å². The monoisotopic (exact) mass is 402 g/mol. The van der Waals surface area contributed by atoms with Gasteiger partial charge in [-0.2, -0.15) is 0 Å². The van der Waals surface area contributed by atoms with E-state index in [-0.39, 0.29) is 29.8 Å². The van der Waals surface area contributed by atoms with E-state index in [4.69, 9.17) is 9.47 Å². The van der Waals surface area contributed by atoms with Gasteiger partial charge in [0, 0.05) is 11.6 Å². The molecule has 0 radical (unpaired) electrons. The Labute approximate surface area is 163 Å². The summed E-state index contributed by atoms with van der Waals surface area (Å²) in [5.41, 5.74) is 0.983. The minimum Gasteiger partial charge on any atom is -0.494 e. The zero-order valence-corrected chi connectivity index (χ0v) is 15.5. The molecule has 0 saturated carbocycles. The van der Waals surface area contributed by atoms with Crippen LogP contribution in [0.3, 0.4) is 0 Å². The Hall–Kier alpha value is -3.46. The summed E-state index contributed by atoms with van der Waals surface area (Å²) < 4.78 is 23.6. The zero-order chi connectivity index (χ0) is 20.1. The molecule has 28 heavy (non-hydrogen) atoms. The molecule has 9 heteroatoms. The van der Waals surface area contributed by atoms with Gasteiger partial charge in [-0.1, -0.05) is 0 Å². The Morgan fingerprint density at radius 3 is 2.64 bits per heavy atom. The largest absolute Gasteiger partial charge is 0.494 e. The van der Waals surface area contributed by atoms with Crippen LogP contribution in [-0.4, -0.2) is 17.9 Å². The Balaban J connectivity index is 1.65. The van der Waals surface area contributed by atoms with Crippen molar-refractivity contribution in [2.24, 2.45) is 0 Å². The van der Waals surface area contributed by atoms with Gasteiger partial charge in [0.2, 0.25) is 0 Å². The maximum absolute atomic E-state index is 12.9. The number of methoxy groups -OCH3 is 1. The highest BCUT2D eigenvalue weighted by Crippen LogP contribution is 2.30. The van der Waals surface area contributed by atoms with Crippen molar-refractivity contribution in [3.8, 4) is 11.5 Å². The number of nitrogens with zero attached hydrogens (tertiary/aromatic N) is 1. The average Bonchev–Trinajstić information content (AvgIpc) is 3.17. The van der Waals surface area contributed by atoms with E-state index in [0.717, 1.165) is 5.56 Å². The Bertz CT molecular complexity index is 1000. The summed E-state index contributed by atoms with van der Waals surface area (Å²) in [5.74, 6) is 0.00175. The lowest BCUT2D eigenvalue weighted by atomic mass is 10.2. The first kappa shape index (κ1) is 19.3. The van der Waals surface area contributed by atoms with Crippen LogP contribution in [0.15, 0.2) is 53.9 Å². The molecule has 0 saturated heterocycles. The van der Waals surface area contributed by atoms with Crippen LogP contribution >= 0.6 is 11.3 Å². The Morgan fingerprint density at radius 1 is 1.21 bits per heavy atom. The van der Waals surface area contributed by atoms with Crippen LogP contribution in [0.1, 0.15) is 15.2 Å². The number of benzene rings is 2. The second-order valence-corrected chi connectivity index (χ2v) is 6.57. The first-order valence-corrected chi connectivity index (χ1v) is 8.94. The van der Waals surface area contributed by atoms with Gasteiger partial charge in [-0.15, -0.1) is 11.3 Å². The standard InChI is InChI=1S/C19H15FN2O5S/c1-26-17-9-14(22(24)25)4-7-16(17)21-19(23)18-8-12(11-28-18)10-27-15-5-2-13(20)3-6-15/h2-9,11H,10H2,1H3,(H,21,23). The topological polar surface area (TPSA) is 90.7 Å². The number of non-ortho nitro benzene ring substituents is 1. The van der Waals surface area contributed by atoms with Gasteiger partial charge >= 0.3 is 0 Å². The second kappa shape index (κ2) is 8.49. The lowest BCUT2D eigenvalue weighted by molar-refractivity contribution is -0.384. The van der Waals surface area contributed by atoms with Gasteiger partial charge < -0.3 is 14.8 Å². The first-order chi connectivity index (χ1) is 13.5. The molecule has 0 spiro atoms. The molecule has 3 rings (SSSR count). The molecule has 144 valence electrons. The van der Waals surface area contributed by atoms with Crippen LogP contribution in [0.25, 0.3) is 0 Å². The second-order valence-electron chi connectivity index (χ2n) is 5.66. The van der Waals surface area contributed by atoms with Crippen LogP contribution in [0, 0.1) is 15.9 Å². The Kier molecular flexibility index (Phi) is 5.85. The summed E-state index contributed by atoms with van der Waals surface area (Å²) in [6.07, 6.45) is 0. The fourth-order valence-corrected chi connectivity index (χ4v) is 3.14. The number of ether oxygens (including phenoxy) is 2. The van der Waals surface area contributed by atoms with E-state index in [2.05, 4.69) is 5.32 Å². The molecule has 3 aromatic rings. The van der Waals surface area contributed by atoms with Gasteiger partial charge in [-0.25, -0.2) is 4.39 Å². The molecule has 0 atom stereocenters. The zero-order valence-electron chi connectivity index (χ0n) is 14.7. The molecule has 1 N–H and O–H groups in total. The van der Waals surface area contributed by atoms with Crippen molar-refractivity contribution < 1.29 is 23.6 Å². The van der Waals surface area contributed by atoms with Crippen molar-refractivity contribution in [1.82, 2.24) is 0 Å². The minimum absolute atomic E-state index is 0.133. The third-order valence-electron chi connectivity index (χ3n) is 3.74. The number of rotatable bonds is 7. The predicted octanol–water partition coefficient (Wildman–Crippen LogP) is 4.64. The highest BCUT2D eigenvalue weighted by atomic mass is 32.1. The summed E-state index contributed by atoms with van der Waals surface area (Å²) in [7, 11) is 1.37. The SMILES string of the molecule is COc1cc([N+](=O)[O-])ccc1NC(=O)c1cc(COc2ccc(F)cc2)cs1. The number of hydrogen-bond donors (Lipinski definition) is 1. The predicted molar refractivity (Wildman–Crippen MR) is 103 cm³/mol. The smallest absolute Gasteiger partial charge is 0.273 e. The molecule has 2 aromatic carbocycles. The molecule has 0 bridgehead atoms. The van der Waals surface area contributed by atoms with E-state index in [1.54, 1.807) is 11.4 Å². The number of nitro groups is 1. The van der Waals surface area contributed by atoms with E-state index in [0.29, 0.717) is 16.3 Å². The molecular formula is C19H15FN2O5S. The summed E-state index contributed by atoms with van der Waals surface area (Å²) >= 11 is 1.23. The van der Waals surface area contributed by atoms with Crippen LogP contribution in [0.2, 0.25) is 0 Å². The van der Waals surface area contributed by atoms with Crippen molar-refractivity contribution in [2.45, 2.75) is 6.61 Å². The number of carbonyl (C=O) groups excluding carboxylic acids is 1. The van der Waals surface area contributed by atoms with Crippen LogP contribution in [-0.2, 0) is 6.61 Å². The molecule has 0 aliphatic carbocycles. The summed E-state index contributed by atoms with van der Waals surface area (Å²) in [6.45, 7) is 0.232. The highest BCUT2D eigenvalue weighted by Gasteiger charge is 2.15. The number of halogens is 1. The number of carbonyl (C=O) groups is 1. The number of nitro benzene ring substituents is 1. The highest BCUT2D eigenvalue weighted by molar-refractivity contribution is 7.12. The summed E-state index contributed by atoms with van der Waals surface area (Å²) in [6, 6.07) is 11.3. The first-order valence-electron chi connectivity index (χ1n) is 8.06. The molecule has 0 aliphatic heterocycles. The van der Waals surface area contributed by atoms with Crippen molar-refractivity contribution in [2.75, 3.05) is 12.4 Å². The molecule has 1 heterocycles. The van der Waals surface area contributed by atoms with Gasteiger partial charge in [0.05, 0.1) is 28.7 Å². The number of anilines is 1. The molecule has 0 aliphatic rings. The van der Waals surface area contributed by atoms with Gasteiger partial charge in [-0.05, 0) is 41.8 Å². The fraction of sp³-hybridized carbons (Fsp3) is 0.105. The fourth-order valence-electron chi connectivity index (χ4n) is 2.35. The van der Waals surface area contributed by atoms with Crippen LogP contribution in [0.5, 0.6) is 11.5 Å². The lowest BCUT2D eigenvalue weighted by Crippen LogP contribution is -2.11. The molecule has 1 amide bonds. The average molecular weight is 402 g/mol. The van der Waals surface area contributed by atoms with Gasteiger partial charge in [-0.3, -0.25) is 14.9 Å². The minimum atomic E-state index is -0.541. The normalized spacial score (nSPS) is 10.4. The summed E-state index contributed by atoms with van der Waals surface area (Å²) in [5, 5.41) is 15.3. The third kappa shape index (κ3) is 4.63. The molecular weight excluding hydrogens is 387 g/mol. The van der Waals surface area contributed by atoms with E-state index < -0.39 is 4.92 Å². The van der Waals surface area contributed by atoms with Crippen molar-refractivity contribution in [1.29, 1.82) is 0 Å². The van der Waals surface area contributed by atoms with E-state index in [1.807, 2.05) is 0 Å². The number of hydrogen-bond acceptors (Lipinski definition) is 6. The van der Waals surface area contributed by atoms with Crippen molar-refractivity contribution in [3.05, 3.63) is 80.3 Å². The van der Waals surface area contributed by atoms with Gasteiger partial charge in [0.1, 0.15) is 23.9 Å². The van der Waals surface area contributed by atoms with Crippen molar-refractivity contribution >= 4 is 28.6 Å². The van der Waals surface area contributed by atoms with E-state index in [9.17, 15) is 19.3 Å². The van der Waals surface area contributed by atoms with Gasteiger partial charge in [0.15, 0.2) is 0 Å². The van der Waals surface area contributed by atoms with E-state index >= 15 is 0 Å². The van der Waals surface area contributed by atoms with Gasteiger partial charge in [0.25, 0.3) is 11.6 Å². The number of amides is 1. The maximum atomic E-state index is 12.9. The maximum Gasteiger partial charge on any atom is 0.273 e. The lowest BCUT2D eigenvalue weighted by Gasteiger charge is -2.09. The molecule has 0 fully saturated rings. The van der Waals surface area contributed by atoms with Crippen molar-refractivity contribution in [3.63, 3.8) is 0 Å². The molecule has 0 unspecified atom stereocenters. The Morgan fingerprint density at radius 2 is 1.96 bits per heavy atom. The third-order valence-corrected chi connectivity index (χ3v) is 4.72. The molecule has 7 nitrogen and oxygen atoms in total. The van der Waals surface area contributed by atoms with E-state index in [1.165, 1.54) is 60.9 Å². The molecule has 1 aromatic heterocycles. The quantitative estimate of drug-likeness (QED) is 0.459.